The third-order valence-electron chi connectivity index (χ3n) is 8.79. The van der Waals surface area contributed by atoms with Crippen LogP contribution in [0.4, 0.5) is 0 Å². The van der Waals surface area contributed by atoms with Gasteiger partial charge in [-0.05, 0) is 89.9 Å². The van der Waals surface area contributed by atoms with Gasteiger partial charge in [0.25, 0.3) is 7.82 Å². The van der Waals surface area contributed by atoms with E-state index in [-0.39, 0.29) is 26.2 Å². The molecule has 0 aromatic rings. The molecule has 59 heavy (non-hydrogen) atoms. The lowest BCUT2D eigenvalue weighted by atomic mass is 10.1. The summed E-state index contributed by atoms with van der Waals surface area (Å²) in [7, 11) is 1.29. The van der Waals surface area contributed by atoms with Crippen LogP contribution in [0.15, 0.2) is 109 Å². The fourth-order valence-corrected chi connectivity index (χ4v) is 6.06. The van der Waals surface area contributed by atoms with Crippen molar-refractivity contribution in [1.29, 1.82) is 0 Å². The summed E-state index contributed by atoms with van der Waals surface area (Å²) in [6.07, 6.45) is 58.3. The fourth-order valence-electron chi connectivity index (χ4n) is 5.34. The van der Waals surface area contributed by atoms with Crippen molar-refractivity contribution in [2.45, 2.75) is 148 Å². The molecule has 9 heteroatoms. The van der Waals surface area contributed by atoms with Crippen molar-refractivity contribution in [3.8, 4) is 0 Å². The Morgan fingerprint density at radius 3 is 1.47 bits per heavy atom. The van der Waals surface area contributed by atoms with Gasteiger partial charge in [0.2, 0.25) is 0 Å². The van der Waals surface area contributed by atoms with Crippen LogP contribution in [0.1, 0.15) is 142 Å². The van der Waals surface area contributed by atoms with Crippen molar-refractivity contribution in [3.05, 3.63) is 109 Å². The maximum Gasteiger partial charge on any atom is 0.306 e. The summed E-state index contributed by atoms with van der Waals surface area (Å²) < 4.78 is 34.5. The Labute approximate surface area is 361 Å². The molecule has 2 unspecified atom stereocenters. The SMILES string of the molecule is CC/C=C\C/C=C\C/C=C\C/C=C\C/C=C\C/C=C\C/C=C\CCCC(=O)OC(COCCCCCCCC/C=C\C/C=C\CCC)COP(=O)([O-])OCC[N+](C)(C)C. The number of allylic oxidation sites excluding steroid dienone is 18. The van der Waals surface area contributed by atoms with Gasteiger partial charge >= 0.3 is 5.97 Å². The van der Waals surface area contributed by atoms with Crippen molar-refractivity contribution >= 4 is 13.8 Å². The predicted molar refractivity (Wildman–Crippen MR) is 249 cm³/mol. The lowest BCUT2D eigenvalue weighted by Crippen LogP contribution is -2.37. The number of quaternary nitrogens is 1. The number of esters is 1. The molecular weight excluding hydrogens is 758 g/mol. The second kappa shape index (κ2) is 41.9. The summed E-state index contributed by atoms with van der Waals surface area (Å²) in [4.78, 5) is 25.1. The molecule has 0 heterocycles. The van der Waals surface area contributed by atoms with Crippen LogP contribution in [-0.4, -0.2) is 70.7 Å². The summed E-state index contributed by atoms with van der Waals surface area (Å²) in [6.45, 7) is 5.09. The zero-order valence-corrected chi connectivity index (χ0v) is 38.8. The van der Waals surface area contributed by atoms with Gasteiger partial charge in [-0.3, -0.25) is 9.36 Å². The Bertz CT molecular complexity index is 1300. The quantitative estimate of drug-likeness (QED) is 0.0199. The molecule has 0 radical (unpaired) electrons. The minimum absolute atomic E-state index is 0.00622. The minimum atomic E-state index is -4.55. The Balaban J connectivity index is 4.37. The van der Waals surface area contributed by atoms with Crippen molar-refractivity contribution in [3.63, 3.8) is 0 Å². The first-order valence-electron chi connectivity index (χ1n) is 22.6. The lowest BCUT2D eigenvalue weighted by molar-refractivity contribution is -0.870. The first-order valence-corrected chi connectivity index (χ1v) is 24.1. The van der Waals surface area contributed by atoms with Crippen molar-refractivity contribution < 1.29 is 37.3 Å². The zero-order valence-electron chi connectivity index (χ0n) is 37.9. The monoisotopic (exact) mass is 842 g/mol. The number of carbonyl (C=O) groups excluding carboxylic acids is 1. The van der Waals surface area contributed by atoms with Gasteiger partial charge in [0, 0.05) is 13.0 Å². The number of hydrogen-bond acceptors (Lipinski definition) is 7. The molecular formula is C50H84NO7P. The second-order valence-corrected chi connectivity index (χ2v) is 17.1. The highest BCUT2D eigenvalue weighted by molar-refractivity contribution is 7.45. The molecule has 0 amide bonds. The van der Waals surface area contributed by atoms with Crippen LogP contribution in [0.25, 0.3) is 0 Å². The minimum Gasteiger partial charge on any atom is -0.756 e. The van der Waals surface area contributed by atoms with E-state index in [4.69, 9.17) is 18.5 Å². The summed E-state index contributed by atoms with van der Waals surface area (Å²) >= 11 is 0. The molecule has 0 aromatic carbocycles. The van der Waals surface area contributed by atoms with Gasteiger partial charge in [-0.15, -0.1) is 0 Å². The molecule has 0 aliphatic carbocycles. The predicted octanol–water partition coefficient (Wildman–Crippen LogP) is 13.0. The van der Waals surface area contributed by atoms with Crippen LogP contribution in [0.5, 0.6) is 0 Å². The van der Waals surface area contributed by atoms with E-state index in [1.807, 2.05) is 21.1 Å². The molecule has 0 N–H and O–H groups in total. The average Bonchev–Trinajstić information content (AvgIpc) is 3.19. The maximum absolute atomic E-state index is 12.7. The first kappa shape index (κ1) is 56.2. The molecule has 0 aromatic heterocycles. The number of ether oxygens (including phenoxy) is 2. The summed E-state index contributed by atoms with van der Waals surface area (Å²) in [5.41, 5.74) is 0. The first-order chi connectivity index (χ1) is 28.6. The van der Waals surface area contributed by atoms with Gasteiger partial charge < -0.3 is 27.9 Å². The number of carbonyl (C=O) groups is 1. The van der Waals surface area contributed by atoms with Crippen LogP contribution in [0.2, 0.25) is 0 Å². The smallest absolute Gasteiger partial charge is 0.306 e. The third-order valence-corrected chi connectivity index (χ3v) is 9.75. The van der Waals surface area contributed by atoms with Crippen LogP contribution in [0.3, 0.4) is 0 Å². The molecule has 0 bridgehead atoms. The molecule has 0 spiro atoms. The highest BCUT2D eigenvalue weighted by Gasteiger charge is 2.20. The van der Waals surface area contributed by atoms with Crippen molar-refractivity contribution in [2.24, 2.45) is 0 Å². The molecule has 0 aliphatic rings. The molecule has 0 rings (SSSR count). The molecule has 0 aliphatic heterocycles. The van der Waals surface area contributed by atoms with E-state index in [0.29, 0.717) is 24.1 Å². The van der Waals surface area contributed by atoms with E-state index in [0.717, 1.165) is 89.9 Å². The van der Waals surface area contributed by atoms with E-state index < -0.39 is 19.9 Å². The second-order valence-electron chi connectivity index (χ2n) is 15.7. The average molecular weight is 842 g/mol. The van der Waals surface area contributed by atoms with Gasteiger partial charge in [0.1, 0.15) is 19.3 Å². The molecule has 8 nitrogen and oxygen atoms in total. The topological polar surface area (TPSA) is 94.1 Å². The number of unbranched alkanes of at least 4 members (excludes halogenated alkanes) is 8. The maximum atomic E-state index is 12.7. The Morgan fingerprint density at radius 1 is 0.542 bits per heavy atom. The van der Waals surface area contributed by atoms with Crippen molar-refractivity contribution in [1.82, 2.24) is 0 Å². The third kappa shape index (κ3) is 46.1. The van der Waals surface area contributed by atoms with Crippen LogP contribution < -0.4 is 4.89 Å². The summed E-state index contributed by atoms with van der Waals surface area (Å²) in [5.74, 6) is -0.401. The highest BCUT2D eigenvalue weighted by atomic mass is 31.2. The van der Waals surface area contributed by atoms with Gasteiger partial charge in [0.15, 0.2) is 0 Å². The van der Waals surface area contributed by atoms with E-state index in [1.165, 1.54) is 25.7 Å². The molecule has 0 saturated heterocycles. The number of rotatable bonds is 40. The highest BCUT2D eigenvalue weighted by Crippen LogP contribution is 2.38. The van der Waals surface area contributed by atoms with E-state index in [1.54, 1.807) is 0 Å². The van der Waals surface area contributed by atoms with Crippen LogP contribution >= 0.6 is 7.82 Å². The molecule has 0 saturated carbocycles. The van der Waals surface area contributed by atoms with E-state index in [2.05, 4.69) is 123 Å². The standard InChI is InChI=1S/C50H84NO7P/c1-6-8-10-12-14-16-18-20-22-23-24-25-26-27-28-29-30-31-33-35-37-39-41-43-50(52)58-49(48-57-59(53,54)56-46-44-51(3,4)5)47-55-45-42-40-38-36-34-32-21-19-17-15-13-11-9-7-2/h8,10-11,13-14,16-17,19-20,22,24-25,27-28,30-31,35,37,49H,6-7,9,12,15,18,21,23,26,29,32-34,36,38-48H2,1-5H3/b10-8-,13-11-,16-14-,19-17-,22-20-,25-24-,28-27-,31-30-,37-35-. The summed E-state index contributed by atoms with van der Waals surface area (Å²) in [6, 6.07) is 0. The van der Waals surface area contributed by atoms with Crippen molar-refractivity contribution in [2.75, 3.05) is 54.1 Å². The largest absolute Gasteiger partial charge is 0.756 e. The van der Waals surface area contributed by atoms with Crippen LogP contribution in [0, 0.1) is 0 Å². The fraction of sp³-hybridized carbons (Fsp3) is 0.620. The van der Waals surface area contributed by atoms with E-state index >= 15 is 0 Å². The Morgan fingerprint density at radius 2 is 0.983 bits per heavy atom. The number of likely N-dealkylation sites (N-methyl/N-ethyl adjacent to an activating group) is 1. The number of phosphoric acid groups is 1. The van der Waals surface area contributed by atoms with Gasteiger partial charge in [-0.2, -0.15) is 0 Å². The number of hydrogen-bond donors (Lipinski definition) is 0. The molecule has 336 valence electrons. The normalized spacial score (nSPS) is 14.7. The van der Waals surface area contributed by atoms with Crippen LogP contribution in [-0.2, 0) is 27.9 Å². The van der Waals surface area contributed by atoms with E-state index in [9.17, 15) is 14.3 Å². The molecule has 0 fully saturated rings. The summed E-state index contributed by atoms with van der Waals surface area (Å²) in [5, 5.41) is 0. The Kier molecular flexibility index (Phi) is 39.9. The number of phosphoric ester groups is 1. The molecule has 2 atom stereocenters. The Hall–Kier alpha value is -2.84. The van der Waals surface area contributed by atoms with Gasteiger partial charge in [-0.1, -0.05) is 155 Å². The zero-order chi connectivity index (χ0) is 43.4. The lowest BCUT2D eigenvalue weighted by Gasteiger charge is -2.28. The van der Waals surface area contributed by atoms with Gasteiger partial charge in [0.05, 0.1) is 34.4 Å². The number of nitrogens with zero attached hydrogens (tertiary/aromatic N) is 1. The van der Waals surface area contributed by atoms with Gasteiger partial charge in [-0.25, -0.2) is 0 Å².